The van der Waals surface area contributed by atoms with E-state index in [1.54, 1.807) is 19.2 Å². The van der Waals surface area contributed by atoms with Crippen molar-refractivity contribution in [3.05, 3.63) is 90.3 Å². The third-order valence-corrected chi connectivity index (χ3v) is 4.56. The fourth-order valence-corrected chi connectivity index (χ4v) is 2.97. The van der Waals surface area contributed by atoms with E-state index in [2.05, 4.69) is 20.6 Å². The molecule has 0 radical (unpaired) electrons. The van der Waals surface area contributed by atoms with Gasteiger partial charge in [-0.05, 0) is 54.1 Å². The molecule has 0 unspecified atom stereocenters. The Morgan fingerprint density at radius 2 is 1.69 bits per heavy atom. The Bertz CT molecular complexity index is 1120. The van der Waals surface area contributed by atoms with Gasteiger partial charge in [0.15, 0.2) is 0 Å². The molecule has 1 amide bonds. The van der Waals surface area contributed by atoms with Crippen LogP contribution in [0.1, 0.15) is 15.9 Å². The first-order valence-corrected chi connectivity index (χ1v) is 9.21. The van der Waals surface area contributed by atoms with E-state index >= 15 is 0 Å². The van der Waals surface area contributed by atoms with Gasteiger partial charge in [0.25, 0.3) is 5.91 Å². The second-order valence-corrected chi connectivity index (χ2v) is 6.47. The molecule has 2 N–H and O–H groups in total. The maximum Gasteiger partial charge on any atom is 0.251 e. The van der Waals surface area contributed by atoms with E-state index in [-0.39, 0.29) is 5.91 Å². The van der Waals surface area contributed by atoms with Crippen molar-refractivity contribution in [1.29, 1.82) is 0 Å². The van der Waals surface area contributed by atoms with Gasteiger partial charge < -0.3 is 15.4 Å². The summed E-state index contributed by atoms with van der Waals surface area (Å²) in [5.41, 5.74) is 3.32. The molecule has 144 valence electrons. The lowest BCUT2D eigenvalue weighted by atomic mass is 10.1. The average Bonchev–Trinajstić information content (AvgIpc) is 2.78. The predicted molar refractivity (Wildman–Crippen MR) is 113 cm³/mol. The van der Waals surface area contributed by atoms with Gasteiger partial charge in [-0.15, -0.1) is 0 Å². The van der Waals surface area contributed by atoms with E-state index in [0.29, 0.717) is 12.1 Å². The summed E-state index contributed by atoms with van der Waals surface area (Å²) in [6, 6.07) is 22.7. The van der Waals surface area contributed by atoms with Crippen molar-refractivity contribution in [2.75, 3.05) is 12.4 Å². The summed E-state index contributed by atoms with van der Waals surface area (Å²) in [5, 5.41) is 7.15. The van der Waals surface area contributed by atoms with E-state index in [1.807, 2.05) is 60.7 Å². The molecule has 3 aromatic carbocycles. The zero-order valence-electron chi connectivity index (χ0n) is 15.9. The van der Waals surface area contributed by atoms with Crippen LogP contribution in [-0.4, -0.2) is 23.0 Å². The molecular formula is C23H20N4O2. The Labute approximate surface area is 168 Å². The van der Waals surface area contributed by atoms with Crippen LogP contribution in [-0.2, 0) is 6.54 Å². The maximum atomic E-state index is 12.4. The van der Waals surface area contributed by atoms with Gasteiger partial charge in [-0.25, -0.2) is 9.97 Å². The van der Waals surface area contributed by atoms with E-state index in [9.17, 15) is 4.79 Å². The lowest BCUT2D eigenvalue weighted by Crippen LogP contribution is -2.22. The third-order valence-electron chi connectivity index (χ3n) is 4.56. The summed E-state index contributed by atoms with van der Waals surface area (Å²) in [6.07, 6.45) is 1.53. The normalized spacial score (nSPS) is 10.5. The number of hydrogen-bond donors (Lipinski definition) is 2. The molecule has 0 fully saturated rings. The molecule has 6 heteroatoms. The topological polar surface area (TPSA) is 76.1 Å². The number of anilines is 2. The number of fused-ring (bicyclic) bond motifs is 1. The van der Waals surface area contributed by atoms with Gasteiger partial charge in [0.2, 0.25) is 0 Å². The van der Waals surface area contributed by atoms with Crippen LogP contribution >= 0.6 is 0 Å². The van der Waals surface area contributed by atoms with Gasteiger partial charge in [0.05, 0.1) is 12.6 Å². The van der Waals surface area contributed by atoms with Crippen LogP contribution < -0.4 is 15.4 Å². The van der Waals surface area contributed by atoms with Gasteiger partial charge >= 0.3 is 0 Å². The monoisotopic (exact) mass is 384 g/mol. The van der Waals surface area contributed by atoms with E-state index < -0.39 is 0 Å². The minimum absolute atomic E-state index is 0.125. The van der Waals surface area contributed by atoms with Crippen molar-refractivity contribution in [1.82, 2.24) is 15.3 Å². The number of nitrogens with one attached hydrogen (secondary N) is 2. The molecule has 6 nitrogen and oxygen atoms in total. The lowest BCUT2D eigenvalue weighted by molar-refractivity contribution is 0.0951. The minimum atomic E-state index is -0.125. The average molecular weight is 384 g/mol. The fourth-order valence-electron chi connectivity index (χ4n) is 2.97. The third kappa shape index (κ3) is 4.32. The largest absolute Gasteiger partial charge is 0.497 e. The van der Waals surface area contributed by atoms with E-state index in [1.165, 1.54) is 6.33 Å². The molecule has 0 aliphatic rings. The van der Waals surface area contributed by atoms with Crippen LogP contribution in [0.2, 0.25) is 0 Å². The highest BCUT2D eigenvalue weighted by Crippen LogP contribution is 2.22. The number of rotatable bonds is 6. The molecule has 1 aromatic heterocycles. The number of carbonyl (C=O) groups is 1. The zero-order valence-corrected chi connectivity index (χ0v) is 15.9. The Morgan fingerprint density at radius 3 is 2.45 bits per heavy atom. The summed E-state index contributed by atoms with van der Waals surface area (Å²) in [7, 11) is 1.63. The summed E-state index contributed by atoms with van der Waals surface area (Å²) in [4.78, 5) is 21.0. The Kier molecular flexibility index (Phi) is 5.33. The zero-order chi connectivity index (χ0) is 20.1. The Morgan fingerprint density at radius 1 is 0.931 bits per heavy atom. The van der Waals surface area contributed by atoms with Gasteiger partial charge in [-0.3, -0.25) is 4.79 Å². The predicted octanol–water partition coefficient (Wildman–Crippen LogP) is 4.31. The van der Waals surface area contributed by atoms with Crippen molar-refractivity contribution in [3.63, 3.8) is 0 Å². The SMILES string of the molecule is COc1ccc(CNC(=O)c2ccc(Nc3ncnc4ccccc34)cc2)cc1. The van der Waals surface area contributed by atoms with Crippen molar-refractivity contribution in [2.45, 2.75) is 6.54 Å². The first-order valence-electron chi connectivity index (χ1n) is 9.21. The van der Waals surface area contributed by atoms with Crippen LogP contribution in [0.3, 0.4) is 0 Å². The van der Waals surface area contributed by atoms with Gasteiger partial charge in [-0.2, -0.15) is 0 Å². The smallest absolute Gasteiger partial charge is 0.251 e. The van der Waals surface area contributed by atoms with Gasteiger partial charge in [-0.1, -0.05) is 24.3 Å². The number of amides is 1. The molecule has 0 spiro atoms. The van der Waals surface area contributed by atoms with Crippen molar-refractivity contribution in [3.8, 4) is 5.75 Å². The number of nitrogens with zero attached hydrogens (tertiary/aromatic N) is 2. The molecule has 0 atom stereocenters. The number of hydrogen-bond acceptors (Lipinski definition) is 5. The van der Waals surface area contributed by atoms with Crippen LogP contribution in [0.5, 0.6) is 5.75 Å². The van der Waals surface area contributed by atoms with Crippen LogP contribution in [0, 0.1) is 0 Å². The Hall–Kier alpha value is -3.93. The quantitative estimate of drug-likeness (QED) is 0.518. The summed E-state index contributed by atoms with van der Waals surface area (Å²) >= 11 is 0. The van der Waals surface area contributed by atoms with Gasteiger partial charge in [0.1, 0.15) is 17.9 Å². The van der Waals surface area contributed by atoms with E-state index in [0.717, 1.165) is 33.7 Å². The molecule has 0 saturated heterocycles. The van der Waals surface area contributed by atoms with Gasteiger partial charge in [0, 0.05) is 23.2 Å². The minimum Gasteiger partial charge on any atom is -0.497 e. The maximum absolute atomic E-state index is 12.4. The highest BCUT2D eigenvalue weighted by molar-refractivity contribution is 5.95. The van der Waals surface area contributed by atoms with Crippen LogP contribution in [0.4, 0.5) is 11.5 Å². The number of aromatic nitrogens is 2. The highest BCUT2D eigenvalue weighted by Gasteiger charge is 2.07. The molecule has 0 aliphatic carbocycles. The van der Waals surface area contributed by atoms with Crippen LogP contribution in [0.15, 0.2) is 79.1 Å². The summed E-state index contributed by atoms with van der Waals surface area (Å²) in [6.45, 7) is 0.454. The van der Waals surface area contributed by atoms with Crippen molar-refractivity contribution < 1.29 is 9.53 Å². The molecule has 4 aromatic rings. The highest BCUT2D eigenvalue weighted by atomic mass is 16.5. The number of benzene rings is 3. The van der Waals surface area contributed by atoms with Crippen LogP contribution in [0.25, 0.3) is 10.9 Å². The molecule has 29 heavy (non-hydrogen) atoms. The molecule has 4 rings (SSSR count). The van der Waals surface area contributed by atoms with Crippen molar-refractivity contribution >= 4 is 28.3 Å². The summed E-state index contributed by atoms with van der Waals surface area (Å²) in [5.74, 6) is 1.40. The first kappa shape index (κ1) is 18.4. The lowest BCUT2D eigenvalue weighted by Gasteiger charge is -2.10. The summed E-state index contributed by atoms with van der Waals surface area (Å²) < 4.78 is 5.14. The standard InChI is InChI=1S/C23H20N4O2/c1-29-19-12-6-16(7-13-19)14-24-23(28)17-8-10-18(11-9-17)27-22-20-4-2-3-5-21(20)25-15-26-22/h2-13,15H,14H2,1H3,(H,24,28)(H,25,26,27). The number of methoxy groups -OCH3 is 1. The molecule has 0 bridgehead atoms. The molecular weight excluding hydrogens is 364 g/mol. The fraction of sp³-hybridized carbons (Fsp3) is 0.0870. The first-order chi connectivity index (χ1) is 14.2. The molecule has 0 aliphatic heterocycles. The molecule has 0 saturated carbocycles. The van der Waals surface area contributed by atoms with Crippen molar-refractivity contribution in [2.24, 2.45) is 0 Å². The number of carbonyl (C=O) groups excluding carboxylic acids is 1. The second kappa shape index (κ2) is 8.39. The van der Waals surface area contributed by atoms with E-state index in [4.69, 9.17) is 4.74 Å². The Balaban J connectivity index is 1.41. The molecule has 1 heterocycles. The number of ether oxygens (including phenoxy) is 1. The number of para-hydroxylation sites is 1. The second-order valence-electron chi connectivity index (χ2n) is 6.47.